The summed E-state index contributed by atoms with van der Waals surface area (Å²) >= 11 is 21.2. The number of hydrogen-bond acceptors (Lipinski definition) is 3. The smallest absolute Gasteiger partial charge is 0.200 e. The molecule has 0 bridgehead atoms. The summed E-state index contributed by atoms with van der Waals surface area (Å²) in [6.45, 7) is 1.61. The summed E-state index contributed by atoms with van der Waals surface area (Å²) in [6.07, 6.45) is 0. The van der Waals surface area contributed by atoms with Crippen LogP contribution >= 0.6 is 50.7 Å². The molecule has 122 valence electrons. The molecule has 2 aromatic rings. The van der Waals surface area contributed by atoms with Crippen LogP contribution in [0, 0.1) is 0 Å². The SMILES string of the molecule is CC(=NNS(=O)(=O)c1ccc(Br)cc1)c1ccc(Cl)c(Cl)c1Cl. The molecule has 0 aliphatic rings. The number of nitrogens with zero attached hydrogens (tertiary/aromatic N) is 1. The average molecular weight is 457 g/mol. The number of benzene rings is 2. The van der Waals surface area contributed by atoms with Crippen LogP contribution in [0.15, 0.2) is 50.9 Å². The van der Waals surface area contributed by atoms with Gasteiger partial charge in [-0.15, -0.1) is 0 Å². The van der Waals surface area contributed by atoms with Crippen molar-refractivity contribution in [3.63, 3.8) is 0 Å². The van der Waals surface area contributed by atoms with Crippen molar-refractivity contribution in [2.24, 2.45) is 5.10 Å². The predicted molar refractivity (Wildman–Crippen MR) is 98.1 cm³/mol. The lowest BCUT2D eigenvalue weighted by Gasteiger charge is -2.08. The van der Waals surface area contributed by atoms with E-state index in [9.17, 15) is 8.42 Å². The van der Waals surface area contributed by atoms with Gasteiger partial charge in [0, 0.05) is 10.0 Å². The molecule has 0 aliphatic heterocycles. The first-order valence-corrected chi connectivity index (χ1v) is 9.59. The molecule has 0 saturated heterocycles. The molecule has 23 heavy (non-hydrogen) atoms. The molecular weight excluding hydrogens is 446 g/mol. The van der Waals surface area contributed by atoms with E-state index in [-0.39, 0.29) is 14.9 Å². The first kappa shape index (κ1) is 18.5. The van der Waals surface area contributed by atoms with E-state index in [0.717, 1.165) is 4.47 Å². The highest BCUT2D eigenvalue weighted by Crippen LogP contribution is 2.32. The molecule has 0 unspecified atom stereocenters. The van der Waals surface area contributed by atoms with Gasteiger partial charge in [0.25, 0.3) is 10.0 Å². The van der Waals surface area contributed by atoms with E-state index >= 15 is 0 Å². The van der Waals surface area contributed by atoms with Crippen molar-refractivity contribution in [2.75, 3.05) is 0 Å². The summed E-state index contributed by atoms with van der Waals surface area (Å²) in [5, 5.41) is 4.59. The van der Waals surface area contributed by atoms with E-state index in [2.05, 4.69) is 25.9 Å². The van der Waals surface area contributed by atoms with Gasteiger partial charge < -0.3 is 0 Å². The van der Waals surface area contributed by atoms with Crippen LogP contribution in [0.1, 0.15) is 12.5 Å². The molecule has 0 saturated carbocycles. The van der Waals surface area contributed by atoms with E-state index in [1.165, 1.54) is 12.1 Å². The van der Waals surface area contributed by atoms with Gasteiger partial charge >= 0.3 is 0 Å². The number of rotatable bonds is 4. The quantitative estimate of drug-likeness (QED) is 0.395. The minimum Gasteiger partial charge on any atom is -0.200 e. The Bertz CT molecular complexity index is 868. The van der Waals surface area contributed by atoms with E-state index in [0.29, 0.717) is 16.3 Å². The summed E-state index contributed by atoms with van der Waals surface area (Å²) in [6, 6.07) is 9.35. The van der Waals surface area contributed by atoms with Crippen molar-refractivity contribution >= 4 is 66.5 Å². The standard InChI is InChI=1S/C14H10BrCl3N2O2S/c1-8(11-6-7-12(16)14(18)13(11)17)19-20-23(21,22)10-4-2-9(15)3-5-10/h2-7,20H,1H3. The largest absolute Gasteiger partial charge is 0.276 e. The zero-order valence-corrected chi connectivity index (χ0v) is 16.3. The van der Waals surface area contributed by atoms with E-state index < -0.39 is 10.0 Å². The van der Waals surface area contributed by atoms with Gasteiger partial charge in [-0.05, 0) is 37.3 Å². The van der Waals surface area contributed by atoms with Crippen molar-refractivity contribution in [3.8, 4) is 0 Å². The van der Waals surface area contributed by atoms with Crippen LogP contribution in [0.5, 0.6) is 0 Å². The molecule has 0 heterocycles. The molecule has 2 rings (SSSR count). The Kier molecular flexibility index (Phi) is 5.97. The van der Waals surface area contributed by atoms with Crippen molar-refractivity contribution in [1.29, 1.82) is 0 Å². The fourth-order valence-electron chi connectivity index (χ4n) is 1.66. The molecule has 0 fully saturated rings. The molecule has 0 radical (unpaired) electrons. The Balaban J connectivity index is 2.29. The second kappa shape index (κ2) is 7.40. The van der Waals surface area contributed by atoms with Crippen LogP contribution in [-0.2, 0) is 10.0 Å². The topological polar surface area (TPSA) is 58.5 Å². The van der Waals surface area contributed by atoms with Crippen LogP contribution < -0.4 is 4.83 Å². The highest BCUT2D eigenvalue weighted by molar-refractivity contribution is 9.10. The van der Waals surface area contributed by atoms with Crippen molar-refractivity contribution in [2.45, 2.75) is 11.8 Å². The van der Waals surface area contributed by atoms with Gasteiger partial charge in [0.05, 0.1) is 25.7 Å². The third-order valence-electron chi connectivity index (χ3n) is 2.88. The molecule has 0 spiro atoms. The Morgan fingerprint density at radius 2 is 1.65 bits per heavy atom. The van der Waals surface area contributed by atoms with Crippen LogP contribution in [0.25, 0.3) is 0 Å². The van der Waals surface area contributed by atoms with Crippen molar-refractivity contribution in [3.05, 3.63) is 61.5 Å². The monoisotopic (exact) mass is 454 g/mol. The minimum absolute atomic E-state index is 0.0949. The van der Waals surface area contributed by atoms with Crippen molar-refractivity contribution in [1.82, 2.24) is 4.83 Å². The summed E-state index contributed by atoms with van der Waals surface area (Å²) in [5.41, 5.74) is 0.842. The van der Waals surface area contributed by atoms with Crippen molar-refractivity contribution < 1.29 is 8.42 Å². The predicted octanol–water partition coefficient (Wildman–Crippen LogP) is 5.11. The van der Waals surface area contributed by atoms with Crippen LogP contribution in [0.3, 0.4) is 0 Å². The van der Waals surface area contributed by atoms with Crippen LogP contribution in [0.2, 0.25) is 15.1 Å². The highest BCUT2D eigenvalue weighted by Gasteiger charge is 2.14. The lowest BCUT2D eigenvalue weighted by molar-refractivity contribution is 0.584. The number of nitrogens with one attached hydrogen (secondary N) is 1. The Labute approximate surface area is 157 Å². The number of halogens is 4. The highest BCUT2D eigenvalue weighted by atomic mass is 79.9. The number of sulfonamides is 1. The summed E-state index contributed by atoms with van der Waals surface area (Å²) in [4.78, 5) is 2.26. The lowest BCUT2D eigenvalue weighted by atomic mass is 10.1. The Morgan fingerprint density at radius 3 is 2.26 bits per heavy atom. The maximum absolute atomic E-state index is 12.2. The van der Waals surface area contributed by atoms with Crippen LogP contribution in [0.4, 0.5) is 0 Å². The zero-order chi connectivity index (χ0) is 17.2. The molecule has 1 N–H and O–H groups in total. The number of hydrogen-bond donors (Lipinski definition) is 1. The Hall–Kier alpha value is -0.790. The Morgan fingerprint density at radius 1 is 1.04 bits per heavy atom. The van der Waals surface area contributed by atoms with E-state index in [1.807, 2.05) is 0 Å². The first-order valence-electron chi connectivity index (χ1n) is 6.18. The maximum Gasteiger partial charge on any atom is 0.276 e. The van der Waals surface area contributed by atoms with Gasteiger partial charge in [0.15, 0.2) is 0 Å². The third kappa shape index (κ3) is 4.39. The van der Waals surface area contributed by atoms with Gasteiger partial charge in [-0.3, -0.25) is 0 Å². The maximum atomic E-state index is 12.2. The summed E-state index contributed by atoms with van der Waals surface area (Å²) in [5.74, 6) is 0. The normalized spacial score (nSPS) is 12.3. The molecule has 0 atom stereocenters. The fraction of sp³-hybridized carbons (Fsp3) is 0.0714. The molecule has 4 nitrogen and oxygen atoms in total. The molecule has 0 aliphatic carbocycles. The third-order valence-corrected chi connectivity index (χ3v) is 5.93. The molecular formula is C14H10BrCl3N2O2S. The molecule has 9 heteroatoms. The molecule has 0 aromatic heterocycles. The van der Waals surface area contributed by atoms with Gasteiger partial charge in [0.1, 0.15) is 0 Å². The first-order chi connectivity index (χ1) is 10.7. The lowest BCUT2D eigenvalue weighted by Crippen LogP contribution is -2.20. The van der Waals surface area contributed by atoms with E-state index in [1.54, 1.807) is 31.2 Å². The minimum atomic E-state index is -3.77. The van der Waals surface area contributed by atoms with Gasteiger partial charge in [-0.25, -0.2) is 0 Å². The molecule has 0 amide bonds. The van der Waals surface area contributed by atoms with Gasteiger partial charge in [-0.1, -0.05) is 56.8 Å². The average Bonchev–Trinajstić information content (AvgIpc) is 2.51. The van der Waals surface area contributed by atoms with Gasteiger partial charge in [-0.2, -0.15) is 18.4 Å². The number of hydrazone groups is 1. The zero-order valence-electron chi connectivity index (χ0n) is 11.6. The summed E-state index contributed by atoms with van der Waals surface area (Å²) < 4.78 is 25.1. The second-order valence-electron chi connectivity index (χ2n) is 4.47. The summed E-state index contributed by atoms with van der Waals surface area (Å²) in [7, 11) is -3.77. The van der Waals surface area contributed by atoms with Gasteiger partial charge in [0.2, 0.25) is 0 Å². The molecule has 2 aromatic carbocycles. The second-order valence-corrected chi connectivity index (χ2v) is 8.21. The van der Waals surface area contributed by atoms with Crippen LogP contribution in [-0.4, -0.2) is 14.1 Å². The fourth-order valence-corrected chi connectivity index (χ4v) is 3.45. The van der Waals surface area contributed by atoms with E-state index in [4.69, 9.17) is 34.8 Å².